The number of carbonyl (C=O) groups is 1. The van der Waals surface area contributed by atoms with Gasteiger partial charge in [-0.05, 0) is 43.4 Å². The Kier molecular flexibility index (Phi) is 6.24. The van der Waals surface area contributed by atoms with E-state index in [0.29, 0.717) is 6.04 Å². The van der Waals surface area contributed by atoms with Crippen molar-refractivity contribution < 1.29 is 4.79 Å². The van der Waals surface area contributed by atoms with Gasteiger partial charge in [0, 0.05) is 25.2 Å². The standard InChI is InChI=1S/C18H28N2O/c1-14(16-7-5-3-4-6-8-16)20-13-15-9-11-17(12-10-15)18(21)19-2/h9-12,14,16,20H,3-8,13H2,1-2H3,(H,19,21)/t14-/m1/s1. The summed E-state index contributed by atoms with van der Waals surface area (Å²) in [5, 5.41) is 6.30. The molecule has 0 aromatic heterocycles. The predicted molar refractivity (Wildman–Crippen MR) is 87.3 cm³/mol. The van der Waals surface area contributed by atoms with E-state index in [1.165, 1.54) is 44.1 Å². The fourth-order valence-electron chi connectivity index (χ4n) is 3.17. The van der Waals surface area contributed by atoms with Gasteiger partial charge in [0.1, 0.15) is 0 Å². The fraction of sp³-hybridized carbons (Fsp3) is 0.611. The van der Waals surface area contributed by atoms with Gasteiger partial charge in [-0.3, -0.25) is 4.79 Å². The van der Waals surface area contributed by atoms with E-state index in [1.807, 2.05) is 24.3 Å². The zero-order valence-electron chi connectivity index (χ0n) is 13.3. The van der Waals surface area contributed by atoms with Crippen LogP contribution in [-0.2, 0) is 6.54 Å². The minimum atomic E-state index is -0.0265. The van der Waals surface area contributed by atoms with Crippen LogP contribution in [0.3, 0.4) is 0 Å². The van der Waals surface area contributed by atoms with Crippen molar-refractivity contribution in [3.05, 3.63) is 35.4 Å². The van der Waals surface area contributed by atoms with E-state index in [-0.39, 0.29) is 5.91 Å². The second-order valence-corrected chi connectivity index (χ2v) is 6.20. The largest absolute Gasteiger partial charge is 0.355 e. The molecule has 1 aliphatic carbocycles. The molecule has 116 valence electrons. The number of rotatable bonds is 5. The van der Waals surface area contributed by atoms with Gasteiger partial charge in [-0.1, -0.05) is 37.8 Å². The lowest BCUT2D eigenvalue weighted by molar-refractivity contribution is 0.0963. The molecule has 1 fully saturated rings. The highest BCUT2D eigenvalue weighted by atomic mass is 16.1. The van der Waals surface area contributed by atoms with E-state index < -0.39 is 0 Å². The molecule has 21 heavy (non-hydrogen) atoms. The first-order valence-electron chi connectivity index (χ1n) is 8.25. The zero-order chi connectivity index (χ0) is 15.1. The number of hydrogen-bond donors (Lipinski definition) is 2. The maximum Gasteiger partial charge on any atom is 0.251 e. The van der Waals surface area contributed by atoms with Crippen LogP contribution in [0.25, 0.3) is 0 Å². The third kappa shape index (κ3) is 4.85. The van der Waals surface area contributed by atoms with Crippen molar-refractivity contribution in [2.45, 2.75) is 58.0 Å². The molecule has 2 N–H and O–H groups in total. The molecule has 1 aliphatic rings. The molecule has 1 amide bonds. The van der Waals surface area contributed by atoms with Crippen LogP contribution in [0.15, 0.2) is 24.3 Å². The van der Waals surface area contributed by atoms with Crippen LogP contribution in [0.2, 0.25) is 0 Å². The Morgan fingerprint density at radius 1 is 1.14 bits per heavy atom. The molecular formula is C18H28N2O. The monoisotopic (exact) mass is 288 g/mol. The molecule has 0 unspecified atom stereocenters. The molecule has 1 aromatic rings. The minimum absolute atomic E-state index is 0.0265. The van der Waals surface area contributed by atoms with Crippen LogP contribution >= 0.6 is 0 Å². The lowest BCUT2D eigenvalue weighted by Gasteiger charge is -2.23. The Hall–Kier alpha value is -1.35. The van der Waals surface area contributed by atoms with Crippen LogP contribution in [0.5, 0.6) is 0 Å². The third-order valence-electron chi connectivity index (χ3n) is 4.68. The summed E-state index contributed by atoms with van der Waals surface area (Å²) in [6.07, 6.45) is 8.32. The molecule has 1 aromatic carbocycles. The molecule has 0 heterocycles. The minimum Gasteiger partial charge on any atom is -0.355 e. The number of nitrogens with one attached hydrogen (secondary N) is 2. The first kappa shape index (κ1) is 16.0. The van der Waals surface area contributed by atoms with Crippen molar-refractivity contribution in [1.82, 2.24) is 10.6 Å². The number of carbonyl (C=O) groups excluding carboxylic acids is 1. The second kappa shape index (κ2) is 8.18. The molecule has 1 saturated carbocycles. The maximum atomic E-state index is 11.5. The molecule has 0 spiro atoms. The van der Waals surface area contributed by atoms with E-state index in [0.717, 1.165) is 18.0 Å². The van der Waals surface area contributed by atoms with Crippen molar-refractivity contribution in [2.24, 2.45) is 5.92 Å². The van der Waals surface area contributed by atoms with Gasteiger partial charge in [0.25, 0.3) is 5.91 Å². The number of amides is 1. The molecule has 0 saturated heterocycles. The maximum absolute atomic E-state index is 11.5. The highest BCUT2D eigenvalue weighted by molar-refractivity contribution is 5.93. The Balaban J connectivity index is 1.82. The smallest absolute Gasteiger partial charge is 0.251 e. The molecule has 3 nitrogen and oxygen atoms in total. The fourth-order valence-corrected chi connectivity index (χ4v) is 3.17. The Bertz CT molecular complexity index is 433. The SMILES string of the molecule is CNC(=O)c1ccc(CN[C@H](C)C2CCCCCC2)cc1. The highest BCUT2D eigenvalue weighted by Crippen LogP contribution is 2.25. The summed E-state index contributed by atoms with van der Waals surface area (Å²) in [7, 11) is 1.66. The van der Waals surface area contributed by atoms with E-state index in [4.69, 9.17) is 0 Å². The molecule has 0 radical (unpaired) electrons. The zero-order valence-corrected chi connectivity index (χ0v) is 13.3. The van der Waals surface area contributed by atoms with Crippen LogP contribution in [0.1, 0.15) is 61.4 Å². The summed E-state index contributed by atoms with van der Waals surface area (Å²) in [5.74, 6) is 0.791. The van der Waals surface area contributed by atoms with E-state index >= 15 is 0 Å². The van der Waals surface area contributed by atoms with Crippen molar-refractivity contribution >= 4 is 5.91 Å². The third-order valence-corrected chi connectivity index (χ3v) is 4.68. The van der Waals surface area contributed by atoms with Gasteiger partial charge >= 0.3 is 0 Å². The quantitative estimate of drug-likeness (QED) is 0.814. The van der Waals surface area contributed by atoms with E-state index in [1.54, 1.807) is 7.05 Å². The summed E-state index contributed by atoms with van der Waals surface area (Å²) >= 11 is 0. The van der Waals surface area contributed by atoms with Gasteiger partial charge in [-0.25, -0.2) is 0 Å². The number of benzene rings is 1. The molecule has 0 aliphatic heterocycles. The van der Waals surface area contributed by atoms with Crippen molar-refractivity contribution in [2.75, 3.05) is 7.05 Å². The van der Waals surface area contributed by atoms with Gasteiger partial charge in [0.15, 0.2) is 0 Å². The van der Waals surface area contributed by atoms with Crippen LogP contribution < -0.4 is 10.6 Å². The van der Waals surface area contributed by atoms with Gasteiger partial charge in [0.2, 0.25) is 0 Å². The summed E-state index contributed by atoms with van der Waals surface area (Å²) in [6.45, 7) is 3.20. The summed E-state index contributed by atoms with van der Waals surface area (Å²) in [5.41, 5.74) is 1.96. The lowest BCUT2D eigenvalue weighted by Crippen LogP contribution is -2.32. The topological polar surface area (TPSA) is 41.1 Å². The van der Waals surface area contributed by atoms with Gasteiger partial charge in [0.05, 0.1) is 0 Å². The summed E-state index contributed by atoms with van der Waals surface area (Å²) < 4.78 is 0. The Labute approximate surface area is 128 Å². The van der Waals surface area contributed by atoms with Crippen LogP contribution in [0.4, 0.5) is 0 Å². The molecule has 1 atom stereocenters. The summed E-state index contributed by atoms with van der Waals surface area (Å²) in [6, 6.07) is 8.44. The number of hydrogen-bond acceptors (Lipinski definition) is 2. The van der Waals surface area contributed by atoms with Crippen LogP contribution in [0, 0.1) is 5.92 Å². The Morgan fingerprint density at radius 2 is 1.76 bits per heavy atom. The van der Waals surface area contributed by atoms with E-state index in [2.05, 4.69) is 17.6 Å². The predicted octanol–water partition coefficient (Wildman–Crippen LogP) is 3.49. The van der Waals surface area contributed by atoms with Crippen LogP contribution in [-0.4, -0.2) is 19.0 Å². The lowest BCUT2D eigenvalue weighted by atomic mass is 9.93. The van der Waals surface area contributed by atoms with Gasteiger partial charge in [-0.2, -0.15) is 0 Å². The van der Waals surface area contributed by atoms with Crippen molar-refractivity contribution in [3.8, 4) is 0 Å². The average molecular weight is 288 g/mol. The second-order valence-electron chi connectivity index (χ2n) is 6.20. The van der Waals surface area contributed by atoms with Crippen molar-refractivity contribution in [3.63, 3.8) is 0 Å². The molecule has 0 bridgehead atoms. The summed E-state index contributed by atoms with van der Waals surface area (Å²) in [4.78, 5) is 11.5. The average Bonchev–Trinajstić information content (AvgIpc) is 2.81. The van der Waals surface area contributed by atoms with E-state index in [9.17, 15) is 4.79 Å². The molecular weight excluding hydrogens is 260 g/mol. The first-order chi connectivity index (χ1) is 10.2. The normalized spacial score (nSPS) is 18.0. The van der Waals surface area contributed by atoms with Crippen molar-refractivity contribution in [1.29, 1.82) is 0 Å². The Morgan fingerprint density at radius 3 is 2.33 bits per heavy atom. The molecule has 3 heteroatoms. The van der Waals surface area contributed by atoms with Gasteiger partial charge in [-0.15, -0.1) is 0 Å². The molecule has 2 rings (SSSR count). The van der Waals surface area contributed by atoms with Gasteiger partial charge < -0.3 is 10.6 Å². The first-order valence-corrected chi connectivity index (χ1v) is 8.25. The highest BCUT2D eigenvalue weighted by Gasteiger charge is 2.18.